The molecule has 2 N–H and O–H groups in total. The van der Waals surface area contributed by atoms with E-state index in [1.54, 1.807) is 31.2 Å². The summed E-state index contributed by atoms with van der Waals surface area (Å²) in [6.07, 6.45) is 0. The number of fused-ring (bicyclic) bond motifs is 1. The van der Waals surface area contributed by atoms with Crippen LogP contribution in [-0.2, 0) is 11.3 Å². The van der Waals surface area contributed by atoms with Crippen LogP contribution in [0.15, 0.2) is 69.0 Å². The van der Waals surface area contributed by atoms with E-state index in [9.17, 15) is 14.4 Å². The Balaban J connectivity index is 1.66. The number of urea groups is 1. The molecule has 4 rings (SSSR count). The first-order chi connectivity index (χ1) is 16.0. The number of carbonyl (C=O) groups is 2. The molecule has 11 heteroatoms. The summed E-state index contributed by atoms with van der Waals surface area (Å²) in [6.45, 7) is 1.89. The molecule has 4 aromatic rings. The molecule has 0 aliphatic heterocycles. The van der Waals surface area contributed by atoms with Crippen LogP contribution < -0.4 is 16.2 Å². The van der Waals surface area contributed by atoms with Gasteiger partial charge >= 0.3 is 6.03 Å². The number of carbonyl (C=O) groups excluding carboxylic acids is 2. The van der Waals surface area contributed by atoms with Crippen LogP contribution in [-0.4, -0.2) is 44.2 Å². The van der Waals surface area contributed by atoms with Crippen LogP contribution >= 0.6 is 11.8 Å². The predicted molar refractivity (Wildman–Crippen MR) is 123 cm³/mol. The molecule has 2 aromatic carbocycles. The Kier molecular flexibility index (Phi) is 6.50. The van der Waals surface area contributed by atoms with Gasteiger partial charge in [0.15, 0.2) is 5.69 Å². The molecule has 10 nitrogen and oxygen atoms in total. The average molecular weight is 465 g/mol. The van der Waals surface area contributed by atoms with Gasteiger partial charge in [0, 0.05) is 12.4 Å². The minimum absolute atomic E-state index is 0.120. The molecule has 0 saturated heterocycles. The van der Waals surface area contributed by atoms with Crippen LogP contribution in [0, 0.1) is 0 Å². The predicted octanol–water partition coefficient (Wildman–Crippen LogP) is 2.43. The molecule has 0 aliphatic rings. The number of rotatable bonds is 6. The standard InChI is InChI=1S/C22H20N6O4S/c1-13(18(29)24-21(31)23-2)33-22-26-25-19(32-22)17-15-10-6-7-11-16(15)20(30)28(27-17)12-14-8-4-3-5-9-14/h3-11,13H,12H2,1-2H3,(H2,23,24,29,31). The molecule has 0 spiro atoms. The zero-order valence-electron chi connectivity index (χ0n) is 17.8. The van der Waals surface area contributed by atoms with Gasteiger partial charge in [-0.15, -0.1) is 10.2 Å². The topological polar surface area (TPSA) is 132 Å². The van der Waals surface area contributed by atoms with E-state index in [4.69, 9.17) is 4.42 Å². The van der Waals surface area contributed by atoms with Crippen molar-refractivity contribution in [3.8, 4) is 11.6 Å². The van der Waals surface area contributed by atoms with Crippen molar-refractivity contribution in [2.75, 3.05) is 7.05 Å². The summed E-state index contributed by atoms with van der Waals surface area (Å²) in [7, 11) is 1.42. The monoisotopic (exact) mass is 464 g/mol. The maximum absolute atomic E-state index is 13.0. The van der Waals surface area contributed by atoms with Gasteiger partial charge in [0.2, 0.25) is 5.91 Å². The number of amides is 3. The van der Waals surface area contributed by atoms with Crippen LogP contribution in [0.5, 0.6) is 0 Å². The summed E-state index contributed by atoms with van der Waals surface area (Å²) in [5.41, 5.74) is 1.06. The zero-order chi connectivity index (χ0) is 23.4. The van der Waals surface area contributed by atoms with Gasteiger partial charge in [-0.1, -0.05) is 60.3 Å². The Bertz CT molecular complexity index is 1370. The normalized spacial score (nSPS) is 11.8. The number of hydrogen-bond donors (Lipinski definition) is 2. The number of imide groups is 1. The fourth-order valence-corrected chi connectivity index (χ4v) is 3.77. The lowest BCUT2D eigenvalue weighted by Gasteiger charge is -2.09. The Morgan fingerprint density at radius 2 is 1.76 bits per heavy atom. The van der Waals surface area contributed by atoms with Crippen LogP contribution in [0.3, 0.4) is 0 Å². The summed E-state index contributed by atoms with van der Waals surface area (Å²) in [5, 5.41) is 17.6. The molecule has 0 radical (unpaired) electrons. The third-order valence-corrected chi connectivity index (χ3v) is 5.70. The largest absolute Gasteiger partial charge is 0.409 e. The molecule has 2 aromatic heterocycles. The lowest BCUT2D eigenvalue weighted by atomic mass is 10.1. The summed E-state index contributed by atoms with van der Waals surface area (Å²) < 4.78 is 7.12. The van der Waals surface area contributed by atoms with Gasteiger partial charge in [-0.2, -0.15) is 5.10 Å². The van der Waals surface area contributed by atoms with Crippen molar-refractivity contribution in [1.29, 1.82) is 0 Å². The fraction of sp³-hybridized carbons (Fsp3) is 0.182. The van der Waals surface area contributed by atoms with Crippen LogP contribution in [0.1, 0.15) is 12.5 Å². The van der Waals surface area contributed by atoms with Crippen molar-refractivity contribution in [3.05, 3.63) is 70.5 Å². The average Bonchev–Trinajstić information content (AvgIpc) is 3.29. The van der Waals surface area contributed by atoms with Crippen LogP contribution in [0.25, 0.3) is 22.4 Å². The van der Waals surface area contributed by atoms with Crippen molar-refractivity contribution in [3.63, 3.8) is 0 Å². The lowest BCUT2D eigenvalue weighted by Crippen LogP contribution is -2.41. The van der Waals surface area contributed by atoms with E-state index in [1.165, 1.54) is 11.7 Å². The minimum Gasteiger partial charge on any atom is -0.409 e. The molecule has 1 atom stereocenters. The second-order valence-electron chi connectivity index (χ2n) is 7.04. The highest BCUT2D eigenvalue weighted by atomic mass is 32.2. The second kappa shape index (κ2) is 9.65. The molecule has 0 aliphatic carbocycles. The van der Waals surface area contributed by atoms with Gasteiger partial charge in [-0.3, -0.25) is 14.9 Å². The van der Waals surface area contributed by atoms with Crippen molar-refractivity contribution < 1.29 is 14.0 Å². The highest BCUT2D eigenvalue weighted by Crippen LogP contribution is 2.28. The molecular formula is C22H20N6O4S. The first kappa shape index (κ1) is 22.2. The summed E-state index contributed by atoms with van der Waals surface area (Å²) >= 11 is 1.01. The molecule has 168 valence electrons. The first-order valence-corrected chi connectivity index (χ1v) is 10.9. The van der Waals surface area contributed by atoms with E-state index in [0.29, 0.717) is 16.5 Å². The van der Waals surface area contributed by atoms with E-state index >= 15 is 0 Å². The van der Waals surface area contributed by atoms with Crippen molar-refractivity contribution in [2.24, 2.45) is 0 Å². The fourth-order valence-electron chi connectivity index (χ4n) is 3.09. The summed E-state index contributed by atoms with van der Waals surface area (Å²) in [6, 6.07) is 16.0. The molecule has 3 amide bonds. The van der Waals surface area contributed by atoms with E-state index in [-0.39, 0.29) is 23.2 Å². The smallest absolute Gasteiger partial charge is 0.321 e. The number of aromatic nitrogens is 4. The number of thioether (sulfide) groups is 1. The highest BCUT2D eigenvalue weighted by Gasteiger charge is 2.22. The summed E-state index contributed by atoms with van der Waals surface area (Å²) in [5.74, 6) is -0.381. The highest BCUT2D eigenvalue weighted by molar-refractivity contribution is 8.00. The van der Waals surface area contributed by atoms with Crippen molar-refractivity contribution in [1.82, 2.24) is 30.6 Å². The van der Waals surface area contributed by atoms with Crippen LogP contribution in [0.2, 0.25) is 0 Å². The molecule has 2 heterocycles. The zero-order valence-corrected chi connectivity index (χ0v) is 18.6. The van der Waals surface area contributed by atoms with Gasteiger partial charge in [0.25, 0.3) is 16.7 Å². The lowest BCUT2D eigenvalue weighted by molar-refractivity contribution is -0.119. The Hall–Kier alpha value is -3.99. The summed E-state index contributed by atoms with van der Waals surface area (Å²) in [4.78, 5) is 36.4. The number of hydrogen-bond acceptors (Lipinski definition) is 8. The van der Waals surface area contributed by atoms with Gasteiger partial charge in [-0.25, -0.2) is 9.48 Å². The Morgan fingerprint density at radius 3 is 2.48 bits per heavy atom. The Labute approximate surface area is 192 Å². The maximum atomic E-state index is 13.0. The maximum Gasteiger partial charge on any atom is 0.321 e. The number of benzene rings is 2. The third-order valence-electron chi connectivity index (χ3n) is 4.76. The third kappa shape index (κ3) is 4.93. The van der Waals surface area contributed by atoms with Gasteiger partial charge in [0.1, 0.15) is 0 Å². The molecule has 0 fully saturated rings. The van der Waals surface area contributed by atoms with Gasteiger partial charge in [-0.05, 0) is 18.6 Å². The molecule has 33 heavy (non-hydrogen) atoms. The SMILES string of the molecule is CNC(=O)NC(=O)C(C)Sc1nnc(-c2nn(Cc3ccccc3)c(=O)c3ccccc23)o1. The van der Waals surface area contributed by atoms with Crippen LogP contribution in [0.4, 0.5) is 4.79 Å². The Morgan fingerprint density at radius 1 is 1.06 bits per heavy atom. The second-order valence-corrected chi connectivity index (χ2v) is 8.34. The molecule has 0 bridgehead atoms. The number of nitrogens with zero attached hydrogens (tertiary/aromatic N) is 4. The van der Waals surface area contributed by atoms with E-state index in [2.05, 4.69) is 25.9 Å². The number of nitrogens with one attached hydrogen (secondary N) is 2. The van der Waals surface area contributed by atoms with Crippen molar-refractivity contribution >= 4 is 34.5 Å². The van der Waals surface area contributed by atoms with E-state index in [1.807, 2.05) is 30.3 Å². The molecule has 0 saturated carbocycles. The van der Waals surface area contributed by atoms with Gasteiger partial charge in [0.05, 0.1) is 17.2 Å². The minimum atomic E-state index is -0.660. The van der Waals surface area contributed by atoms with E-state index < -0.39 is 17.2 Å². The van der Waals surface area contributed by atoms with E-state index in [0.717, 1.165) is 17.3 Å². The van der Waals surface area contributed by atoms with Gasteiger partial charge < -0.3 is 9.73 Å². The first-order valence-electron chi connectivity index (χ1n) is 10.0. The molecule has 1 unspecified atom stereocenters. The van der Waals surface area contributed by atoms with Crippen molar-refractivity contribution in [2.45, 2.75) is 23.9 Å². The molecular weight excluding hydrogens is 444 g/mol. The quantitative estimate of drug-likeness (QED) is 0.416.